The molecule has 3 rings (SSSR count). The van der Waals surface area contributed by atoms with Crippen molar-refractivity contribution in [3.05, 3.63) is 65.8 Å². The van der Waals surface area contributed by atoms with Gasteiger partial charge in [0.1, 0.15) is 5.82 Å². The zero-order chi connectivity index (χ0) is 18.4. The van der Waals surface area contributed by atoms with E-state index >= 15 is 0 Å². The quantitative estimate of drug-likeness (QED) is 0.580. The van der Waals surface area contributed by atoms with Crippen LogP contribution < -0.4 is 15.5 Å². The van der Waals surface area contributed by atoms with Crippen LogP contribution in [0.5, 0.6) is 0 Å². The normalized spacial score (nSPS) is 10.4. The van der Waals surface area contributed by atoms with E-state index in [1.807, 2.05) is 42.5 Å². The van der Waals surface area contributed by atoms with Gasteiger partial charge in [0.25, 0.3) is 0 Å². The molecule has 0 amide bonds. The van der Waals surface area contributed by atoms with Gasteiger partial charge in [-0.2, -0.15) is 4.98 Å². The van der Waals surface area contributed by atoms with Crippen LogP contribution in [0.3, 0.4) is 0 Å². The lowest BCUT2D eigenvalue weighted by Gasteiger charge is -2.21. The molecule has 1 heterocycles. The van der Waals surface area contributed by atoms with Gasteiger partial charge in [-0.15, -0.1) is 0 Å². The smallest absolute Gasteiger partial charge is 0.229 e. The number of hydrogen-bond acceptors (Lipinski definition) is 5. The lowest BCUT2D eigenvalue weighted by Crippen LogP contribution is -2.21. The molecule has 3 aromatic rings. The molecule has 2 N–H and O–H groups in total. The Labute approximate surface area is 159 Å². The summed E-state index contributed by atoms with van der Waals surface area (Å²) in [6.07, 6.45) is 1.71. The number of nitrogens with one attached hydrogen (secondary N) is 2. The minimum Gasteiger partial charge on any atom is -0.372 e. The predicted molar refractivity (Wildman–Crippen MR) is 110 cm³/mol. The number of aromatic nitrogens is 2. The summed E-state index contributed by atoms with van der Waals surface area (Å²) in [6.45, 7) is 6.29. The molecule has 1 aromatic heterocycles. The highest BCUT2D eigenvalue weighted by Gasteiger charge is 2.04. The summed E-state index contributed by atoms with van der Waals surface area (Å²) in [7, 11) is 0. The molecule has 0 unspecified atom stereocenters. The standard InChI is InChI=1S/C20H22ClN5/c1-3-26(4-2)18-10-8-16(9-11-18)24-20-22-13-12-19(25-20)23-17-7-5-6-15(21)14-17/h5-14H,3-4H2,1-2H3,(H2,22,23,24,25). The highest BCUT2D eigenvalue weighted by atomic mass is 35.5. The average Bonchev–Trinajstić information content (AvgIpc) is 2.64. The first-order valence-corrected chi connectivity index (χ1v) is 9.03. The van der Waals surface area contributed by atoms with E-state index in [0.29, 0.717) is 16.8 Å². The Bertz CT molecular complexity index is 847. The van der Waals surface area contributed by atoms with Crippen LogP contribution >= 0.6 is 11.6 Å². The SMILES string of the molecule is CCN(CC)c1ccc(Nc2nccc(Nc3cccc(Cl)c3)n2)cc1. The highest BCUT2D eigenvalue weighted by molar-refractivity contribution is 6.30. The van der Waals surface area contributed by atoms with E-state index in [4.69, 9.17) is 11.6 Å². The van der Waals surface area contributed by atoms with Crippen molar-refractivity contribution in [1.82, 2.24) is 9.97 Å². The third-order valence-electron chi connectivity index (χ3n) is 4.00. The van der Waals surface area contributed by atoms with E-state index in [-0.39, 0.29) is 0 Å². The first-order valence-electron chi connectivity index (χ1n) is 8.65. The summed E-state index contributed by atoms with van der Waals surface area (Å²) in [4.78, 5) is 11.1. The van der Waals surface area contributed by atoms with E-state index < -0.39 is 0 Å². The third kappa shape index (κ3) is 4.64. The van der Waals surface area contributed by atoms with Gasteiger partial charge in [0, 0.05) is 41.4 Å². The monoisotopic (exact) mass is 367 g/mol. The molecule has 0 aliphatic heterocycles. The largest absolute Gasteiger partial charge is 0.372 e. The van der Waals surface area contributed by atoms with Gasteiger partial charge in [0.15, 0.2) is 0 Å². The first kappa shape index (κ1) is 18.0. The van der Waals surface area contributed by atoms with E-state index in [2.05, 4.69) is 51.5 Å². The Kier molecular flexibility index (Phi) is 5.92. The fraction of sp³-hybridized carbons (Fsp3) is 0.200. The molecule has 5 nitrogen and oxygen atoms in total. The van der Waals surface area contributed by atoms with Gasteiger partial charge in [-0.3, -0.25) is 0 Å². The van der Waals surface area contributed by atoms with Gasteiger partial charge in [0.05, 0.1) is 0 Å². The molecule has 0 saturated heterocycles. The molecule has 0 fully saturated rings. The van der Waals surface area contributed by atoms with Crippen LogP contribution in [0, 0.1) is 0 Å². The maximum atomic E-state index is 6.02. The van der Waals surface area contributed by atoms with Crippen molar-refractivity contribution in [2.45, 2.75) is 13.8 Å². The lowest BCUT2D eigenvalue weighted by molar-refractivity contribution is 0.866. The van der Waals surface area contributed by atoms with Crippen LogP contribution in [0.25, 0.3) is 0 Å². The fourth-order valence-electron chi connectivity index (χ4n) is 2.68. The molecular weight excluding hydrogens is 346 g/mol. The van der Waals surface area contributed by atoms with Crippen LogP contribution in [-0.2, 0) is 0 Å². The second-order valence-electron chi connectivity index (χ2n) is 5.74. The Hall–Kier alpha value is -2.79. The first-order chi connectivity index (χ1) is 12.7. The molecule has 6 heteroatoms. The number of nitrogens with zero attached hydrogens (tertiary/aromatic N) is 3. The second-order valence-corrected chi connectivity index (χ2v) is 6.18. The lowest BCUT2D eigenvalue weighted by atomic mass is 10.2. The van der Waals surface area contributed by atoms with Gasteiger partial charge < -0.3 is 15.5 Å². The average molecular weight is 368 g/mol. The molecule has 0 spiro atoms. The van der Waals surface area contributed by atoms with Crippen molar-refractivity contribution in [3.8, 4) is 0 Å². The summed E-state index contributed by atoms with van der Waals surface area (Å²) >= 11 is 6.02. The van der Waals surface area contributed by atoms with E-state index in [0.717, 1.165) is 24.5 Å². The second kappa shape index (κ2) is 8.54. The van der Waals surface area contributed by atoms with Crippen molar-refractivity contribution >= 4 is 40.4 Å². The molecule has 0 aliphatic rings. The summed E-state index contributed by atoms with van der Waals surface area (Å²) in [5, 5.41) is 7.14. The Morgan fingerprint density at radius 2 is 1.69 bits per heavy atom. The van der Waals surface area contributed by atoms with Gasteiger partial charge in [-0.1, -0.05) is 17.7 Å². The summed E-state index contributed by atoms with van der Waals surface area (Å²) in [5.74, 6) is 1.23. The molecule has 2 aromatic carbocycles. The number of benzene rings is 2. The zero-order valence-electron chi connectivity index (χ0n) is 14.9. The van der Waals surface area contributed by atoms with Crippen LogP contribution in [-0.4, -0.2) is 23.1 Å². The molecule has 26 heavy (non-hydrogen) atoms. The van der Waals surface area contributed by atoms with Crippen molar-refractivity contribution in [1.29, 1.82) is 0 Å². The Morgan fingerprint density at radius 1 is 0.923 bits per heavy atom. The van der Waals surface area contributed by atoms with Gasteiger partial charge >= 0.3 is 0 Å². The van der Waals surface area contributed by atoms with Crippen LogP contribution in [0.15, 0.2) is 60.8 Å². The number of anilines is 5. The summed E-state index contributed by atoms with van der Waals surface area (Å²) in [6, 6.07) is 17.6. The molecule has 0 bridgehead atoms. The predicted octanol–water partition coefficient (Wildman–Crippen LogP) is 5.46. The fourth-order valence-corrected chi connectivity index (χ4v) is 2.87. The van der Waals surface area contributed by atoms with Crippen LogP contribution in [0.1, 0.15) is 13.8 Å². The topological polar surface area (TPSA) is 53.1 Å². The number of halogens is 1. The van der Waals surface area contributed by atoms with Gasteiger partial charge in [0.2, 0.25) is 5.95 Å². The van der Waals surface area contributed by atoms with Gasteiger partial charge in [-0.05, 0) is 62.4 Å². The molecule has 0 atom stereocenters. The molecule has 0 aliphatic carbocycles. The third-order valence-corrected chi connectivity index (χ3v) is 4.24. The summed E-state index contributed by atoms with van der Waals surface area (Å²) < 4.78 is 0. The molecular formula is C20H22ClN5. The number of hydrogen-bond donors (Lipinski definition) is 2. The van der Waals surface area contributed by atoms with Crippen LogP contribution in [0.4, 0.5) is 28.8 Å². The van der Waals surface area contributed by atoms with Gasteiger partial charge in [-0.25, -0.2) is 4.98 Å². The molecule has 0 saturated carbocycles. The van der Waals surface area contributed by atoms with Crippen molar-refractivity contribution in [3.63, 3.8) is 0 Å². The van der Waals surface area contributed by atoms with E-state index in [1.54, 1.807) is 6.20 Å². The van der Waals surface area contributed by atoms with Crippen LogP contribution in [0.2, 0.25) is 5.02 Å². The molecule has 0 radical (unpaired) electrons. The summed E-state index contributed by atoms with van der Waals surface area (Å²) in [5.41, 5.74) is 3.03. The maximum Gasteiger partial charge on any atom is 0.229 e. The van der Waals surface area contributed by atoms with Crippen molar-refractivity contribution in [2.75, 3.05) is 28.6 Å². The van der Waals surface area contributed by atoms with Crippen molar-refractivity contribution in [2.24, 2.45) is 0 Å². The molecule has 134 valence electrons. The Morgan fingerprint density at radius 3 is 2.38 bits per heavy atom. The maximum absolute atomic E-state index is 6.02. The van der Waals surface area contributed by atoms with E-state index in [9.17, 15) is 0 Å². The Balaban J connectivity index is 1.70. The minimum absolute atomic E-state index is 0.535. The highest BCUT2D eigenvalue weighted by Crippen LogP contribution is 2.22. The number of rotatable bonds is 7. The zero-order valence-corrected chi connectivity index (χ0v) is 15.7. The van der Waals surface area contributed by atoms with E-state index in [1.165, 1.54) is 5.69 Å². The minimum atomic E-state index is 0.535. The van der Waals surface area contributed by atoms with Crippen molar-refractivity contribution < 1.29 is 0 Å².